The summed E-state index contributed by atoms with van der Waals surface area (Å²) in [4.78, 5) is 30.3. The van der Waals surface area contributed by atoms with Crippen molar-refractivity contribution in [3.05, 3.63) is 66.0 Å². The molecule has 200 valence electrons. The summed E-state index contributed by atoms with van der Waals surface area (Å²) in [6.07, 6.45) is -1.96. The zero-order valence-corrected chi connectivity index (χ0v) is 21.0. The Bertz CT molecular complexity index is 1490. The minimum Gasteiger partial charge on any atom is -0.420 e. The van der Waals surface area contributed by atoms with Crippen LogP contribution in [0.25, 0.3) is 10.4 Å². The molecule has 1 fully saturated rings. The summed E-state index contributed by atoms with van der Waals surface area (Å²) >= 11 is 1.01. The van der Waals surface area contributed by atoms with Crippen LogP contribution in [0.4, 0.5) is 13.2 Å². The summed E-state index contributed by atoms with van der Waals surface area (Å²) in [5.41, 5.74) is 6.32. The molecular weight excluding hydrogens is 547 g/mol. The number of nitrogens with one attached hydrogen (secondary N) is 2. The number of hydrogen-bond acceptors (Lipinski definition) is 8. The van der Waals surface area contributed by atoms with E-state index in [2.05, 4.69) is 14.4 Å². The number of nitrogen functional groups attached to an aromatic ring is 1. The first-order chi connectivity index (χ1) is 17.8. The van der Waals surface area contributed by atoms with Crippen molar-refractivity contribution in [2.75, 3.05) is 6.54 Å². The van der Waals surface area contributed by atoms with Crippen molar-refractivity contribution >= 4 is 39.1 Å². The van der Waals surface area contributed by atoms with Crippen molar-refractivity contribution in [3.8, 4) is 16.2 Å². The lowest BCUT2D eigenvalue weighted by atomic mass is 10.1. The van der Waals surface area contributed by atoms with Gasteiger partial charge in [0.05, 0.1) is 0 Å². The van der Waals surface area contributed by atoms with E-state index in [4.69, 9.17) is 11.1 Å². The molecule has 1 aromatic carbocycles. The van der Waals surface area contributed by atoms with E-state index >= 15 is 0 Å². The largest absolute Gasteiger partial charge is 0.491 e. The van der Waals surface area contributed by atoms with Crippen LogP contribution < -0.4 is 15.2 Å². The van der Waals surface area contributed by atoms with Gasteiger partial charge in [0.15, 0.2) is 0 Å². The Labute approximate surface area is 218 Å². The normalized spacial score (nSPS) is 16.0. The predicted octanol–water partition coefficient (Wildman–Crippen LogP) is 2.64. The number of hydrogen-bond donors (Lipinski definition) is 3. The van der Waals surface area contributed by atoms with Crippen molar-refractivity contribution < 1.29 is 35.9 Å². The number of pyridine rings is 1. The van der Waals surface area contributed by atoms with Crippen LogP contribution in [0.1, 0.15) is 17.5 Å². The van der Waals surface area contributed by atoms with Gasteiger partial charge in [-0.05, 0) is 42.8 Å². The molecule has 15 heteroatoms. The molecule has 0 aliphatic carbocycles. The molecule has 2 aromatic heterocycles. The number of ether oxygens (including phenoxy) is 1. The lowest BCUT2D eigenvalue weighted by Crippen LogP contribution is -2.41. The number of carbonyl (C=O) groups is 2. The van der Waals surface area contributed by atoms with Gasteiger partial charge in [0.25, 0.3) is 10.0 Å². The number of alkyl halides is 3. The molecule has 1 amide bonds. The van der Waals surface area contributed by atoms with E-state index in [9.17, 15) is 31.2 Å². The van der Waals surface area contributed by atoms with E-state index in [0.29, 0.717) is 4.88 Å². The molecular formula is C23H20F3N5O5S2. The molecule has 4 N–H and O–H groups in total. The fourth-order valence-electron chi connectivity index (χ4n) is 3.71. The fraction of sp³-hybridized carbons (Fsp3) is 0.217. The number of nitrogens with two attached hydrogens (primary N) is 1. The summed E-state index contributed by atoms with van der Waals surface area (Å²) in [7, 11) is -4.06. The minimum atomic E-state index is -5.25. The molecule has 0 radical (unpaired) electrons. The van der Waals surface area contributed by atoms with Gasteiger partial charge in [0.2, 0.25) is 5.91 Å². The van der Waals surface area contributed by atoms with Crippen LogP contribution in [0, 0.1) is 5.41 Å². The van der Waals surface area contributed by atoms with Gasteiger partial charge in [-0.15, -0.1) is 11.3 Å². The standard InChI is InChI=1S/C23H20F3N5O5S2/c24-23(25,26)22(33)36-17-4-3-13(20(27)28)10-15(17)12-31-9-7-16(21(31)32)30-38(34,35)19-6-5-18(37-19)14-2-1-8-29-11-14/h1-6,8,10-11,16,30H,7,9,12H2,(H3,27,28)/t16-/m0/s1. The number of sulfonamides is 1. The molecule has 0 bridgehead atoms. The Hall–Kier alpha value is -3.82. The maximum atomic E-state index is 13.0. The quantitative estimate of drug-likeness (QED) is 0.164. The maximum Gasteiger partial charge on any atom is 0.491 e. The Morgan fingerprint density at radius 3 is 2.68 bits per heavy atom. The number of nitrogens with zero attached hydrogens (tertiary/aromatic N) is 2. The third-order valence-corrected chi connectivity index (χ3v) is 8.65. The Kier molecular flexibility index (Phi) is 7.53. The smallest absolute Gasteiger partial charge is 0.420 e. The third kappa shape index (κ3) is 6.00. The van der Waals surface area contributed by atoms with Crippen molar-refractivity contribution in [1.29, 1.82) is 5.41 Å². The summed E-state index contributed by atoms with van der Waals surface area (Å²) in [5, 5.41) is 7.57. The lowest BCUT2D eigenvalue weighted by molar-refractivity contribution is -0.189. The molecule has 0 spiro atoms. The lowest BCUT2D eigenvalue weighted by Gasteiger charge is -2.20. The zero-order valence-electron chi connectivity index (χ0n) is 19.4. The number of carbonyl (C=O) groups excluding carboxylic acids is 2. The Balaban J connectivity index is 1.50. The van der Waals surface area contributed by atoms with Crippen LogP contribution in [-0.2, 0) is 26.2 Å². The number of benzene rings is 1. The van der Waals surface area contributed by atoms with Crippen LogP contribution in [0.5, 0.6) is 5.75 Å². The van der Waals surface area contributed by atoms with E-state index in [1.807, 2.05) is 0 Å². The molecule has 1 atom stereocenters. The van der Waals surface area contributed by atoms with Gasteiger partial charge < -0.3 is 15.4 Å². The second kappa shape index (κ2) is 10.5. The van der Waals surface area contributed by atoms with Crippen LogP contribution in [0.3, 0.4) is 0 Å². The minimum absolute atomic E-state index is 0.00175. The average Bonchev–Trinajstić information content (AvgIpc) is 3.49. The second-order valence-corrected chi connectivity index (χ2v) is 11.2. The number of amides is 1. The van der Waals surface area contributed by atoms with Gasteiger partial charge in [-0.25, -0.2) is 13.2 Å². The van der Waals surface area contributed by atoms with Gasteiger partial charge in [-0.2, -0.15) is 17.9 Å². The highest BCUT2D eigenvalue weighted by atomic mass is 32.2. The molecule has 0 unspecified atom stereocenters. The maximum absolute atomic E-state index is 13.0. The summed E-state index contributed by atoms with van der Waals surface area (Å²) in [6, 6.07) is 8.92. The van der Waals surface area contributed by atoms with Crippen molar-refractivity contribution in [3.63, 3.8) is 0 Å². The summed E-state index contributed by atoms with van der Waals surface area (Å²) < 4.78 is 70.9. The molecule has 4 rings (SSSR count). The number of aromatic nitrogens is 1. The predicted molar refractivity (Wildman–Crippen MR) is 131 cm³/mol. The number of amidine groups is 1. The van der Waals surface area contributed by atoms with Crippen molar-refractivity contribution in [1.82, 2.24) is 14.6 Å². The first kappa shape index (κ1) is 27.2. The second-order valence-electron chi connectivity index (χ2n) is 8.21. The number of halogens is 3. The Morgan fingerprint density at radius 2 is 2.03 bits per heavy atom. The van der Waals surface area contributed by atoms with Crippen LogP contribution >= 0.6 is 11.3 Å². The molecule has 3 heterocycles. The summed E-state index contributed by atoms with van der Waals surface area (Å²) in [6.45, 7) is -0.225. The van der Waals surface area contributed by atoms with Gasteiger partial charge in [0, 0.05) is 47.1 Å². The molecule has 3 aromatic rings. The van der Waals surface area contributed by atoms with Gasteiger partial charge in [-0.3, -0.25) is 15.2 Å². The van der Waals surface area contributed by atoms with Crippen LogP contribution in [-0.4, -0.2) is 54.8 Å². The first-order valence-corrected chi connectivity index (χ1v) is 13.2. The zero-order chi connectivity index (χ0) is 27.7. The molecule has 1 aliphatic rings. The van der Waals surface area contributed by atoms with Crippen LogP contribution in [0.15, 0.2) is 59.1 Å². The first-order valence-electron chi connectivity index (χ1n) is 10.9. The van der Waals surface area contributed by atoms with Crippen molar-refractivity contribution in [2.24, 2.45) is 5.73 Å². The fourth-order valence-corrected chi connectivity index (χ4v) is 6.25. The molecule has 38 heavy (non-hydrogen) atoms. The van der Waals surface area contributed by atoms with Gasteiger partial charge in [0.1, 0.15) is 21.8 Å². The SMILES string of the molecule is N=C(N)c1ccc(OC(=O)C(F)(F)F)c(CN2CC[C@H](NS(=O)(=O)c3ccc(-c4cccnc4)s3)C2=O)c1. The monoisotopic (exact) mass is 567 g/mol. The summed E-state index contributed by atoms with van der Waals surface area (Å²) in [5.74, 6) is -3.91. The van der Waals surface area contributed by atoms with E-state index in [0.717, 1.165) is 23.0 Å². The molecule has 1 saturated heterocycles. The highest BCUT2D eigenvalue weighted by molar-refractivity contribution is 7.91. The van der Waals surface area contributed by atoms with E-state index in [1.54, 1.807) is 30.6 Å². The highest BCUT2D eigenvalue weighted by Crippen LogP contribution is 2.31. The number of esters is 1. The Morgan fingerprint density at radius 1 is 1.26 bits per heavy atom. The van der Waals surface area contributed by atoms with Crippen molar-refractivity contribution in [2.45, 2.75) is 29.4 Å². The number of likely N-dealkylation sites (tertiary alicyclic amines) is 1. The van der Waals surface area contributed by atoms with Crippen LogP contribution in [0.2, 0.25) is 0 Å². The topological polar surface area (TPSA) is 156 Å². The molecule has 0 saturated carbocycles. The van der Waals surface area contributed by atoms with Gasteiger partial charge >= 0.3 is 12.1 Å². The highest BCUT2D eigenvalue weighted by Gasteiger charge is 2.42. The van der Waals surface area contributed by atoms with E-state index in [-0.39, 0.29) is 40.7 Å². The molecule has 1 aliphatic heterocycles. The number of thiophene rings is 1. The number of rotatable bonds is 8. The van der Waals surface area contributed by atoms with Gasteiger partial charge in [-0.1, -0.05) is 6.07 Å². The third-order valence-electron chi connectivity index (χ3n) is 5.55. The van der Waals surface area contributed by atoms with E-state index < -0.39 is 39.9 Å². The molecule has 10 nitrogen and oxygen atoms in total. The average molecular weight is 568 g/mol. The van der Waals surface area contributed by atoms with E-state index in [1.165, 1.54) is 23.1 Å².